The Bertz CT molecular complexity index is 506. The van der Waals surface area contributed by atoms with Gasteiger partial charge >= 0.3 is 0 Å². The Morgan fingerprint density at radius 3 is 2.67 bits per heavy atom. The second-order valence-corrected chi connectivity index (χ2v) is 6.07. The van der Waals surface area contributed by atoms with E-state index < -0.39 is 0 Å². The summed E-state index contributed by atoms with van der Waals surface area (Å²) in [5.41, 5.74) is 0.929. The van der Waals surface area contributed by atoms with Crippen LogP contribution in [-0.4, -0.2) is 43.2 Å². The molecule has 21 heavy (non-hydrogen) atoms. The minimum Gasteiger partial charge on any atom is -0.378 e. The van der Waals surface area contributed by atoms with Gasteiger partial charge in [-0.1, -0.05) is 22.0 Å². The molecule has 0 bridgehead atoms. The van der Waals surface area contributed by atoms with Crippen LogP contribution in [0, 0.1) is 5.82 Å². The van der Waals surface area contributed by atoms with Gasteiger partial charge in [-0.15, -0.1) is 0 Å². The average molecular weight is 359 g/mol. The van der Waals surface area contributed by atoms with E-state index in [1.54, 1.807) is 6.07 Å². The first-order valence-electron chi connectivity index (χ1n) is 7.06. The van der Waals surface area contributed by atoms with Gasteiger partial charge in [0.2, 0.25) is 5.91 Å². The first kappa shape index (κ1) is 16.4. The molecule has 1 aromatic carbocycles. The van der Waals surface area contributed by atoms with E-state index in [1.165, 1.54) is 12.1 Å². The van der Waals surface area contributed by atoms with Crippen molar-refractivity contribution >= 4 is 21.8 Å². The maximum Gasteiger partial charge on any atom is 0.239 e. The van der Waals surface area contributed by atoms with Gasteiger partial charge in [0.25, 0.3) is 0 Å². The van der Waals surface area contributed by atoms with E-state index in [-0.39, 0.29) is 23.8 Å². The molecule has 1 aromatic rings. The number of hydrogen-bond acceptors (Lipinski definition) is 3. The highest BCUT2D eigenvalue weighted by Crippen LogP contribution is 2.24. The summed E-state index contributed by atoms with van der Waals surface area (Å²) in [6.07, 6.45) is 0. The fourth-order valence-electron chi connectivity index (χ4n) is 2.45. The van der Waals surface area contributed by atoms with E-state index in [4.69, 9.17) is 4.74 Å². The molecule has 2 rings (SSSR count). The SMILES string of the molecule is CC(NC(C)c1ccc(F)cc1Br)C(=O)N1CCOCC1. The molecule has 0 aromatic heterocycles. The molecule has 1 heterocycles. The van der Waals surface area contributed by atoms with E-state index in [0.717, 1.165) is 5.56 Å². The Balaban J connectivity index is 1.97. The van der Waals surface area contributed by atoms with Crippen molar-refractivity contribution < 1.29 is 13.9 Å². The predicted octanol–water partition coefficient (Wildman–Crippen LogP) is 2.49. The van der Waals surface area contributed by atoms with Crippen LogP contribution in [0.15, 0.2) is 22.7 Å². The number of benzene rings is 1. The highest BCUT2D eigenvalue weighted by molar-refractivity contribution is 9.10. The van der Waals surface area contributed by atoms with E-state index in [1.807, 2.05) is 18.7 Å². The standard InChI is InChI=1S/C15H20BrFN2O2/c1-10(13-4-3-12(17)9-14(13)16)18-11(2)15(20)19-5-7-21-8-6-19/h3-4,9-11,18H,5-8H2,1-2H3. The van der Waals surface area contributed by atoms with Crippen LogP contribution in [-0.2, 0) is 9.53 Å². The largest absolute Gasteiger partial charge is 0.378 e. The number of amides is 1. The Morgan fingerprint density at radius 1 is 1.38 bits per heavy atom. The Kier molecular flexibility index (Phi) is 5.72. The van der Waals surface area contributed by atoms with Crippen LogP contribution in [0.2, 0.25) is 0 Å². The fourth-order valence-corrected chi connectivity index (χ4v) is 3.14. The number of rotatable bonds is 4. The first-order valence-corrected chi connectivity index (χ1v) is 7.86. The summed E-state index contributed by atoms with van der Waals surface area (Å²) in [4.78, 5) is 14.2. The Labute approximate surface area is 132 Å². The molecule has 0 saturated carbocycles. The lowest BCUT2D eigenvalue weighted by atomic mass is 10.1. The van der Waals surface area contributed by atoms with Crippen LogP contribution < -0.4 is 5.32 Å². The molecule has 0 spiro atoms. The monoisotopic (exact) mass is 358 g/mol. The smallest absolute Gasteiger partial charge is 0.239 e. The zero-order valence-corrected chi connectivity index (χ0v) is 13.8. The quantitative estimate of drug-likeness (QED) is 0.898. The highest BCUT2D eigenvalue weighted by Gasteiger charge is 2.24. The van der Waals surface area contributed by atoms with Gasteiger partial charge in [0.1, 0.15) is 5.82 Å². The Morgan fingerprint density at radius 2 is 2.05 bits per heavy atom. The summed E-state index contributed by atoms with van der Waals surface area (Å²) in [7, 11) is 0. The fraction of sp³-hybridized carbons (Fsp3) is 0.533. The van der Waals surface area contributed by atoms with Gasteiger partial charge in [-0.2, -0.15) is 0 Å². The lowest BCUT2D eigenvalue weighted by molar-refractivity contribution is -0.137. The molecule has 1 aliphatic heterocycles. The van der Waals surface area contributed by atoms with Crippen LogP contribution in [0.3, 0.4) is 0 Å². The summed E-state index contributed by atoms with van der Waals surface area (Å²) in [6, 6.07) is 4.23. The minimum absolute atomic E-state index is 0.0556. The molecule has 2 atom stereocenters. The summed E-state index contributed by atoms with van der Waals surface area (Å²) in [5.74, 6) is -0.210. The van der Waals surface area contributed by atoms with Gasteiger partial charge in [-0.3, -0.25) is 10.1 Å². The van der Waals surface area contributed by atoms with Crippen LogP contribution in [0.1, 0.15) is 25.5 Å². The van der Waals surface area contributed by atoms with Crippen molar-refractivity contribution in [3.8, 4) is 0 Å². The van der Waals surface area contributed by atoms with Crippen LogP contribution in [0.4, 0.5) is 4.39 Å². The number of halogens is 2. The third-order valence-corrected chi connectivity index (χ3v) is 4.31. The topological polar surface area (TPSA) is 41.6 Å². The van der Waals surface area contributed by atoms with Crippen molar-refractivity contribution in [2.45, 2.75) is 25.9 Å². The van der Waals surface area contributed by atoms with Crippen molar-refractivity contribution in [2.24, 2.45) is 0 Å². The van der Waals surface area contributed by atoms with Crippen molar-refractivity contribution in [1.82, 2.24) is 10.2 Å². The number of nitrogens with one attached hydrogen (secondary N) is 1. The number of nitrogens with zero attached hydrogens (tertiary/aromatic N) is 1. The van der Waals surface area contributed by atoms with Crippen molar-refractivity contribution in [2.75, 3.05) is 26.3 Å². The third kappa shape index (κ3) is 4.25. The maximum atomic E-state index is 13.1. The van der Waals surface area contributed by atoms with E-state index in [0.29, 0.717) is 30.8 Å². The molecular formula is C15H20BrFN2O2. The zero-order chi connectivity index (χ0) is 15.4. The van der Waals surface area contributed by atoms with Crippen LogP contribution in [0.25, 0.3) is 0 Å². The van der Waals surface area contributed by atoms with Crippen molar-refractivity contribution in [3.63, 3.8) is 0 Å². The van der Waals surface area contributed by atoms with Gasteiger partial charge in [-0.25, -0.2) is 4.39 Å². The summed E-state index contributed by atoms with van der Waals surface area (Å²) >= 11 is 3.36. The predicted molar refractivity (Wildman–Crippen MR) is 82.5 cm³/mol. The summed E-state index contributed by atoms with van der Waals surface area (Å²) in [5, 5.41) is 3.27. The molecule has 0 aliphatic carbocycles. The van der Waals surface area contributed by atoms with Gasteiger partial charge in [-0.05, 0) is 31.5 Å². The van der Waals surface area contributed by atoms with E-state index >= 15 is 0 Å². The number of morpholine rings is 1. The molecule has 0 radical (unpaired) electrons. The van der Waals surface area contributed by atoms with Gasteiger partial charge in [0.05, 0.1) is 19.3 Å². The van der Waals surface area contributed by atoms with Gasteiger partial charge < -0.3 is 9.64 Å². The lowest BCUT2D eigenvalue weighted by Gasteiger charge is -2.30. The molecule has 1 N–H and O–H groups in total. The van der Waals surface area contributed by atoms with Crippen LogP contribution in [0.5, 0.6) is 0 Å². The average Bonchev–Trinajstić information content (AvgIpc) is 2.47. The molecule has 1 saturated heterocycles. The van der Waals surface area contributed by atoms with Crippen LogP contribution >= 0.6 is 15.9 Å². The molecule has 116 valence electrons. The van der Waals surface area contributed by atoms with Crippen molar-refractivity contribution in [1.29, 1.82) is 0 Å². The lowest BCUT2D eigenvalue weighted by Crippen LogP contribution is -2.49. The summed E-state index contributed by atoms with van der Waals surface area (Å²) in [6.45, 7) is 6.28. The molecule has 1 aliphatic rings. The maximum absolute atomic E-state index is 13.1. The highest BCUT2D eigenvalue weighted by atomic mass is 79.9. The Hall–Kier alpha value is -0.980. The number of carbonyl (C=O) groups is 1. The molecule has 1 fully saturated rings. The van der Waals surface area contributed by atoms with Gasteiger partial charge in [0.15, 0.2) is 0 Å². The second-order valence-electron chi connectivity index (χ2n) is 5.21. The normalized spacial score (nSPS) is 18.4. The first-order chi connectivity index (χ1) is 9.99. The second kappa shape index (κ2) is 7.33. The van der Waals surface area contributed by atoms with E-state index in [9.17, 15) is 9.18 Å². The number of ether oxygens (including phenoxy) is 1. The zero-order valence-electron chi connectivity index (χ0n) is 12.2. The number of carbonyl (C=O) groups excluding carboxylic acids is 1. The molecule has 4 nitrogen and oxygen atoms in total. The molecule has 6 heteroatoms. The minimum atomic E-state index is -0.296. The van der Waals surface area contributed by atoms with Crippen molar-refractivity contribution in [3.05, 3.63) is 34.1 Å². The molecular weight excluding hydrogens is 339 g/mol. The third-order valence-electron chi connectivity index (χ3n) is 3.62. The van der Waals surface area contributed by atoms with E-state index in [2.05, 4.69) is 21.2 Å². The molecule has 1 amide bonds. The molecule has 2 unspecified atom stereocenters. The number of hydrogen-bond donors (Lipinski definition) is 1. The summed E-state index contributed by atoms with van der Waals surface area (Å²) < 4.78 is 19.1. The van der Waals surface area contributed by atoms with Gasteiger partial charge in [0, 0.05) is 23.6 Å².